The summed E-state index contributed by atoms with van der Waals surface area (Å²) in [6, 6.07) is 6.47. The van der Waals surface area contributed by atoms with Crippen molar-refractivity contribution in [1.29, 1.82) is 0 Å². The third kappa shape index (κ3) is 4.65. The molecule has 1 aromatic rings. The molecule has 1 aliphatic rings. The Morgan fingerprint density at radius 3 is 2.61 bits per heavy atom. The Morgan fingerprint density at radius 2 is 1.96 bits per heavy atom. The Balaban J connectivity index is 2.35. The minimum atomic E-state index is 1.12. The molecule has 3 heteroatoms. The zero-order chi connectivity index (χ0) is 16.7. The number of likely N-dealkylation sites (tertiary alicyclic amines) is 1. The van der Waals surface area contributed by atoms with Gasteiger partial charge in [0, 0.05) is 37.7 Å². The van der Waals surface area contributed by atoms with Crippen LogP contribution >= 0.6 is 0 Å². The molecule has 2 rings (SSSR count). The summed E-state index contributed by atoms with van der Waals surface area (Å²) >= 11 is 0. The van der Waals surface area contributed by atoms with Crippen LogP contribution in [-0.4, -0.2) is 25.0 Å². The number of hydrogen-bond donors (Lipinski definition) is 2. The molecule has 2 N–H and O–H groups in total. The maximum atomic E-state index is 3.75. The molecule has 0 amide bonds. The first-order valence-corrected chi connectivity index (χ1v) is 8.45. The molecule has 1 aliphatic heterocycles. The van der Waals surface area contributed by atoms with Gasteiger partial charge in [0.05, 0.1) is 0 Å². The van der Waals surface area contributed by atoms with Crippen molar-refractivity contribution in [3.05, 3.63) is 60.1 Å². The average Bonchev–Trinajstić information content (AvgIpc) is 2.59. The third-order valence-corrected chi connectivity index (χ3v) is 4.41. The van der Waals surface area contributed by atoms with Gasteiger partial charge in [0.1, 0.15) is 0 Å². The normalized spacial score (nSPS) is 16.2. The number of rotatable bonds is 6. The number of allylic oxidation sites excluding steroid dienone is 3. The highest BCUT2D eigenvalue weighted by Crippen LogP contribution is 2.26. The molecule has 0 bridgehead atoms. The molecule has 0 atom stereocenters. The van der Waals surface area contributed by atoms with Crippen LogP contribution in [0.1, 0.15) is 37.3 Å². The van der Waals surface area contributed by atoms with Crippen LogP contribution in [0.25, 0.3) is 5.57 Å². The van der Waals surface area contributed by atoms with Gasteiger partial charge < -0.3 is 15.5 Å². The number of hydrogen-bond acceptors (Lipinski definition) is 3. The van der Waals surface area contributed by atoms with E-state index in [0.29, 0.717) is 0 Å². The highest BCUT2D eigenvalue weighted by Gasteiger charge is 2.12. The van der Waals surface area contributed by atoms with E-state index in [-0.39, 0.29) is 0 Å². The van der Waals surface area contributed by atoms with E-state index in [2.05, 4.69) is 60.2 Å². The second-order valence-electron chi connectivity index (χ2n) is 6.08. The quantitative estimate of drug-likeness (QED) is 0.757. The van der Waals surface area contributed by atoms with E-state index in [0.717, 1.165) is 5.69 Å². The Hall–Kier alpha value is -2.16. The van der Waals surface area contributed by atoms with E-state index >= 15 is 0 Å². The Morgan fingerprint density at radius 1 is 1.22 bits per heavy atom. The van der Waals surface area contributed by atoms with Crippen molar-refractivity contribution in [3.63, 3.8) is 0 Å². The number of benzene rings is 1. The van der Waals surface area contributed by atoms with E-state index in [1.54, 1.807) is 6.20 Å². The zero-order valence-electron chi connectivity index (χ0n) is 14.7. The number of piperidine rings is 1. The lowest BCUT2D eigenvalue weighted by molar-refractivity contribution is 0.286. The van der Waals surface area contributed by atoms with E-state index in [1.165, 1.54) is 54.7 Å². The molecule has 3 nitrogen and oxygen atoms in total. The SMILES string of the molecule is C=CN/C=C(\C=C(/C)N1CCCCC1)c1cc(NC)ccc1C. The third-order valence-electron chi connectivity index (χ3n) is 4.41. The van der Waals surface area contributed by atoms with Gasteiger partial charge in [0.15, 0.2) is 0 Å². The first-order chi connectivity index (χ1) is 11.2. The molecule has 1 saturated heterocycles. The van der Waals surface area contributed by atoms with Gasteiger partial charge in [-0.25, -0.2) is 0 Å². The molecule has 1 aromatic carbocycles. The maximum Gasteiger partial charge on any atom is 0.0343 e. The molecule has 0 aromatic heterocycles. The molecule has 23 heavy (non-hydrogen) atoms. The molecule has 124 valence electrons. The highest BCUT2D eigenvalue weighted by atomic mass is 15.1. The van der Waals surface area contributed by atoms with Crippen molar-refractivity contribution in [3.8, 4) is 0 Å². The van der Waals surface area contributed by atoms with Gasteiger partial charge in [-0.05, 0) is 74.2 Å². The summed E-state index contributed by atoms with van der Waals surface area (Å²) in [5.74, 6) is 0. The summed E-state index contributed by atoms with van der Waals surface area (Å²) in [5.41, 5.74) is 6.14. The van der Waals surface area contributed by atoms with Crippen LogP contribution in [0.2, 0.25) is 0 Å². The zero-order valence-corrected chi connectivity index (χ0v) is 14.7. The van der Waals surface area contributed by atoms with Crippen molar-refractivity contribution in [2.45, 2.75) is 33.1 Å². The van der Waals surface area contributed by atoms with Gasteiger partial charge in [0.25, 0.3) is 0 Å². The summed E-state index contributed by atoms with van der Waals surface area (Å²) < 4.78 is 0. The minimum absolute atomic E-state index is 1.12. The van der Waals surface area contributed by atoms with Crippen molar-refractivity contribution in [1.82, 2.24) is 10.2 Å². The number of aryl methyl sites for hydroxylation is 1. The summed E-state index contributed by atoms with van der Waals surface area (Å²) in [7, 11) is 1.95. The Bertz CT molecular complexity index is 593. The Labute approximate surface area is 140 Å². The second kappa shape index (κ2) is 8.47. The van der Waals surface area contributed by atoms with Crippen LogP contribution in [0.4, 0.5) is 5.69 Å². The molecule has 1 heterocycles. The fourth-order valence-electron chi connectivity index (χ4n) is 3.00. The number of anilines is 1. The smallest absolute Gasteiger partial charge is 0.0343 e. The maximum absolute atomic E-state index is 3.75. The standard InChI is InChI=1S/C20H29N3/c1-5-22-15-18(13-17(3)23-11-7-6-8-12-23)20-14-19(21-4)10-9-16(20)2/h5,9-10,13-15,21-22H,1,6-8,11-12H2,2-4H3/b17-13+,18-15+. The fraction of sp³-hybridized carbons (Fsp3) is 0.400. The first-order valence-electron chi connectivity index (χ1n) is 8.45. The van der Waals surface area contributed by atoms with Gasteiger partial charge in [0.2, 0.25) is 0 Å². The fourth-order valence-corrected chi connectivity index (χ4v) is 3.00. The predicted molar refractivity (Wildman–Crippen MR) is 101 cm³/mol. The van der Waals surface area contributed by atoms with Gasteiger partial charge in [-0.3, -0.25) is 0 Å². The molecule has 0 unspecified atom stereocenters. The molecular formula is C20H29N3. The minimum Gasteiger partial charge on any atom is -0.388 e. The summed E-state index contributed by atoms with van der Waals surface area (Å²) in [6.07, 6.45) is 9.97. The average molecular weight is 311 g/mol. The summed E-state index contributed by atoms with van der Waals surface area (Å²) in [6.45, 7) is 10.5. The van der Waals surface area contributed by atoms with Crippen LogP contribution in [-0.2, 0) is 0 Å². The monoisotopic (exact) mass is 311 g/mol. The first kappa shape index (κ1) is 17.2. The van der Waals surface area contributed by atoms with Crippen molar-refractivity contribution < 1.29 is 0 Å². The van der Waals surface area contributed by atoms with E-state index in [1.807, 2.05) is 13.2 Å². The topological polar surface area (TPSA) is 27.3 Å². The second-order valence-corrected chi connectivity index (χ2v) is 6.08. The van der Waals surface area contributed by atoms with E-state index in [9.17, 15) is 0 Å². The Kier molecular flexibility index (Phi) is 6.33. The van der Waals surface area contributed by atoms with Crippen LogP contribution in [0.3, 0.4) is 0 Å². The highest BCUT2D eigenvalue weighted by molar-refractivity contribution is 5.78. The van der Waals surface area contributed by atoms with Crippen LogP contribution in [0, 0.1) is 6.92 Å². The predicted octanol–water partition coefficient (Wildman–Crippen LogP) is 4.50. The van der Waals surface area contributed by atoms with Crippen molar-refractivity contribution >= 4 is 11.3 Å². The largest absolute Gasteiger partial charge is 0.388 e. The number of nitrogens with zero attached hydrogens (tertiary/aromatic N) is 1. The van der Waals surface area contributed by atoms with Crippen LogP contribution in [0.15, 0.2) is 49.0 Å². The lowest BCUT2D eigenvalue weighted by Gasteiger charge is -2.29. The molecule has 1 fully saturated rings. The van der Waals surface area contributed by atoms with Gasteiger partial charge in [-0.2, -0.15) is 0 Å². The van der Waals surface area contributed by atoms with E-state index in [4.69, 9.17) is 0 Å². The molecule has 0 radical (unpaired) electrons. The lowest BCUT2D eigenvalue weighted by atomic mass is 9.99. The molecular weight excluding hydrogens is 282 g/mol. The lowest BCUT2D eigenvalue weighted by Crippen LogP contribution is -2.28. The summed E-state index contributed by atoms with van der Waals surface area (Å²) in [4.78, 5) is 2.49. The van der Waals surface area contributed by atoms with Crippen molar-refractivity contribution in [2.75, 3.05) is 25.5 Å². The van der Waals surface area contributed by atoms with Crippen molar-refractivity contribution in [2.24, 2.45) is 0 Å². The van der Waals surface area contributed by atoms with Gasteiger partial charge in [-0.15, -0.1) is 0 Å². The van der Waals surface area contributed by atoms with Gasteiger partial charge in [-0.1, -0.05) is 12.6 Å². The summed E-state index contributed by atoms with van der Waals surface area (Å²) in [5, 5.41) is 6.36. The molecule has 0 aliphatic carbocycles. The molecule has 0 saturated carbocycles. The van der Waals surface area contributed by atoms with Crippen LogP contribution < -0.4 is 10.6 Å². The molecule has 0 spiro atoms. The van der Waals surface area contributed by atoms with Gasteiger partial charge >= 0.3 is 0 Å². The van der Waals surface area contributed by atoms with Crippen LogP contribution in [0.5, 0.6) is 0 Å². The van der Waals surface area contributed by atoms with E-state index < -0.39 is 0 Å². The number of nitrogens with one attached hydrogen (secondary N) is 2.